The average Bonchev–Trinajstić information content (AvgIpc) is 3.00. The molecule has 2 aliphatic heterocycles. The Morgan fingerprint density at radius 2 is 1.86 bits per heavy atom. The van der Waals surface area contributed by atoms with Crippen LogP contribution in [0, 0.1) is 5.82 Å². The molecule has 0 radical (unpaired) electrons. The number of fused-ring (bicyclic) bond motifs is 1. The first-order valence-electron chi connectivity index (χ1n) is 9.65. The third kappa shape index (κ3) is 4.06. The van der Waals surface area contributed by atoms with Gasteiger partial charge in [-0.1, -0.05) is 11.6 Å². The molecule has 2 aliphatic rings. The summed E-state index contributed by atoms with van der Waals surface area (Å²) in [4.78, 5) is 4.67. The normalized spacial score (nSPS) is 19.4. The minimum absolute atomic E-state index is 0.0110. The molecule has 158 valence electrons. The molecule has 3 heterocycles. The van der Waals surface area contributed by atoms with Crippen LogP contribution in [0.2, 0.25) is 5.02 Å². The van der Waals surface area contributed by atoms with E-state index in [1.54, 1.807) is 0 Å². The number of hydrogen-bond acceptors (Lipinski definition) is 5. The number of sulfonamides is 1. The number of piperazine rings is 1. The quantitative estimate of drug-likeness (QED) is 0.722. The Labute approximate surface area is 175 Å². The van der Waals surface area contributed by atoms with Crippen LogP contribution in [0.3, 0.4) is 0 Å². The van der Waals surface area contributed by atoms with Crippen LogP contribution in [0.15, 0.2) is 23.1 Å². The molecule has 1 fully saturated rings. The van der Waals surface area contributed by atoms with Crippen LogP contribution >= 0.6 is 11.6 Å². The summed E-state index contributed by atoms with van der Waals surface area (Å²) < 4.78 is 43.0. The highest BCUT2D eigenvalue weighted by Crippen LogP contribution is 2.29. The topological polar surface area (TPSA) is 61.7 Å². The summed E-state index contributed by atoms with van der Waals surface area (Å²) in [5.74, 6) is -0.631. The lowest BCUT2D eigenvalue weighted by atomic mass is 10.1. The standard InChI is InChI=1S/C19H25ClFN5O2S/c1-23-7-9-25(10-8-23)13-18-15-12-26(6-5-19(15)24(2)22-18)29(27,28)14-3-4-17(21)16(20)11-14/h3-4,11H,5-10,12-13H2,1-2H3. The van der Waals surface area contributed by atoms with E-state index in [0.717, 1.165) is 49.2 Å². The number of aromatic nitrogens is 2. The highest BCUT2D eigenvalue weighted by Gasteiger charge is 2.32. The largest absolute Gasteiger partial charge is 0.304 e. The molecule has 4 rings (SSSR count). The monoisotopic (exact) mass is 441 g/mol. The second-order valence-electron chi connectivity index (χ2n) is 7.74. The average molecular weight is 442 g/mol. The SMILES string of the molecule is CN1CCN(Cc2nn(C)c3c2CN(S(=O)(=O)c2ccc(F)c(Cl)c2)CC3)CC1. The summed E-state index contributed by atoms with van der Waals surface area (Å²) in [7, 11) is 0.261. The van der Waals surface area contributed by atoms with E-state index in [1.807, 2.05) is 11.7 Å². The van der Waals surface area contributed by atoms with Gasteiger partial charge in [0.2, 0.25) is 10.0 Å². The van der Waals surface area contributed by atoms with Gasteiger partial charge in [-0.2, -0.15) is 9.40 Å². The Kier molecular flexibility index (Phi) is 5.69. The number of likely N-dealkylation sites (N-methyl/N-ethyl adjacent to an activating group) is 1. The van der Waals surface area contributed by atoms with Crippen LogP contribution in [0.5, 0.6) is 0 Å². The Morgan fingerprint density at radius 1 is 1.14 bits per heavy atom. The van der Waals surface area contributed by atoms with Gasteiger partial charge in [-0.05, 0) is 25.2 Å². The first kappa shape index (κ1) is 20.7. The van der Waals surface area contributed by atoms with Crippen molar-refractivity contribution in [2.45, 2.75) is 24.4 Å². The minimum atomic E-state index is -3.77. The fourth-order valence-corrected chi connectivity index (χ4v) is 5.66. The van der Waals surface area contributed by atoms with Crippen molar-refractivity contribution in [1.82, 2.24) is 23.9 Å². The third-order valence-electron chi connectivity index (χ3n) is 5.79. The second kappa shape index (κ2) is 7.96. The Hall–Kier alpha value is -1.52. The molecule has 0 N–H and O–H groups in total. The van der Waals surface area contributed by atoms with Gasteiger partial charge < -0.3 is 4.90 Å². The number of rotatable bonds is 4. The molecule has 0 aliphatic carbocycles. The molecule has 0 spiro atoms. The van der Waals surface area contributed by atoms with Gasteiger partial charge in [0, 0.05) is 70.5 Å². The van der Waals surface area contributed by atoms with E-state index in [4.69, 9.17) is 11.6 Å². The molecule has 0 atom stereocenters. The summed E-state index contributed by atoms with van der Waals surface area (Å²) in [5.41, 5.74) is 3.00. The highest BCUT2D eigenvalue weighted by molar-refractivity contribution is 7.89. The molecule has 10 heteroatoms. The molecule has 0 bridgehead atoms. The van der Waals surface area contributed by atoms with Crippen molar-refractivity contribution in [1.29, 1.82) is 0 Å². The van der Waals surface area contributed by atoms with Gasteiger partial charge in [0.25, 0.3) is 0 Å². The van der Waals surface area contributed by atoms with Gasteiger partial charge in [0.1, 0.15) is 5.82 Å². The van der Waals surface area contributed by atoms with Crippen molar-refractivity contribution in [3.8, 4) is 0 Å². The Morgan fingerprint density at radius 3 is 2.55 bits per heavy atom. The summed E-state index contributed by atoms with van der Waals surface area (Å²) in [5, 5.41) is 4.50. The van der Waals surface area contributed by atoms with E-state index in [9.17, 15) is 12.8 Å². The summed E-state index contributed by atoms with van der Waals surface area (Å²) in [6.45, 7) is 5.31. The number of aryl methyl sites for hydroxylation is 1. The zero-order chi connectivity index (χ0) is 20.8. The summed E-state index contributed by atoms with van der Waals surface area (Å²) >= 11 is 5.81. The Balaban J connectivity index is 1.58. The van der Waals surface area contributed by atoms with Crippen molar-refractivity contribution >= 4 is 21.6 Å². The number of benzene rings is 1. The molecule has 1 aromatic carbocycles. The molecular weight excluding hydrogens is 417 g/mol. The molecule has 7 nitrogen and oxygen atoms in total. The van der Waals surface area contributed by atoms with Crippen molar-refractivity contribution < 1.29 is 12.8 Å². The van der Waals surface area contributed by atoms with E-state index in [2.05, 4.69) is 21.9 Å². The zero-order valence-electron chi connectivity index (χ0n) is 16.6. The second-order valence-corrected chi connectivity index (χ2v) is 10.1. The minimum Gasteiger partial charge on any atom is -0.304 e. The maximum Gasteiger partial charge on any atom is 0.243 e. The van der Waals surface area contributed by atoms with Gasteiger partial charge in [0.05, 0.1) is 15.6 Å². The molecule has 29 heavy (non-hydrogen) atoms. The van der Waals surface area contributed by atoms with E-state index in [1.165, 1.54) is 16.4 Å². The summed E-state index contributed by atoms with van der Waals surface area (Å²) in [6, 6.07) is 3.53. The molecule has 0 amide bonds. The van der Waals surface area contributed by atoms with Gasteiger partial charge >= 0.3 is 0 Å². The highest BCUT2D eigenvalue weighted by atomic mass is 35.5. The maximum atomic E-state index is 13.5. The zero-order valence-corrected chi connectivity index (χ0v) is 18.2. The van der Waals surface area contributed by atoms with E-state index in [0.29, 0.717) is 19.5 Å². The first-order valence-corrected chi connectivity index (χ1v) is 11.5. The number of nitrogens with zero attached hydrogens (tertiary/aromatic N) is 5. The van der Waals surface area contributed by atoms with Crippen molar-refractivity contribution in [2.75, 3.05) is 39.8 Å². The fourth-order valence-electron chi connectivity index (χ4n) is 3.98. The first-order chi connectivity index (χ1) is 13.8. The summed E-state index contributed by atoms with van der Waals surface area (Å²) in [6.07, 6.45) is 0.593. The fraction of sp³-hybridized carbons (Fsp3) is 0.526. The van der Waals surface area contributed by atoms with Gasteiger partial charge in [-0.25, -0.2) is 12.8 Å². The van der Waals surface area contributed by atoms with E-state index in [-0.39, 0.29) is 16.5 Å². The molecule has 1 saturated heterocycles. The van der Waals surface area contributed by atoms with Crippen molar-refractivity contribution in [2.24, 2.45) is 7.05 Å². The van der Waals surface area contributed by atoms with E-state index >= 15 is 0 Å². The lowest BCUT2D eigenvalue weighted by molar-refractivity contribution is 0.146. The van der Waals surface area contributed by atoms with Gasteiger partial charge in [-0.15, -0.1) is 0 Å². The number of halogens is 2. The van der Waals surface area contributed by atoms with E-state index < -0.39 is 15.8 Å². The van der Waals surface area contributed by atoms with Crippen LogP contribution in [0.25, 0.3) is 0 Å². The maximum absolute atomic E-state index is 13.5. The Bertz CT molecular complexity index is 1020. The predicted octanol–water partition coefficient (Wildman–Crippen LogP) is 1.71. The van der Waals surface area contributed by atoms with Crippen LogP contribution in [-0.4, -0.2) is 72.1 Å². The van der Waals surface area contributed by atoms with Gasteiger partial charge in [-0.3, -0.25) is 9.58 Å². The van der Waals surface area contributed by atoms with Crippen LogP contribution in [-0.2, 0) is 36.6 Å². The third-order valence-corrected chi connectivity index (χ3v) is 7.92. The molecule has 0 saturated carbocycles. The number of hydrogen-bond donors (Lipinski definition) is 0. The lowest BCUT2D eigenvalue weighted by Gasteiger charge is -2.32. The predicted molar refractivity (Wildman–Crippen MR) is 109 cm³/mol. The van der Waals surface area contributed by atoms with Crippen LogP contribution < -0.4 is 0 Å². The van der Waals surface area contributed by atoms with Crippen LogP contribution in [0.1, 0.15) is 17.0 Å². The van der Waals surface area contributed by atoms with Gasteiger partial charge in [0.15, 0.2) is 0 Å². The molecule has 1 aromatic heterocycles. The molecular formula is C19H25ClFN5O2S. The smallest absolute Gasteiger partial charge is 0.243 e. The molecule has 0 unspecified atom stereocenters. The lowest BCUT2D eigenvalue weighted by Crippen LogP contribution is -2.44. The molecule has 2 aromatic rings. The van der Waals surface area contributed by atoms with Crippen molar-refractivity contribution in [3.05, 3.63) is 46.0 Å². The van der Waals surface area contributed by atoms with Crippen molar-refractivity contribution in [3.63, 3.8) is 0 Å². The van der Waals surface area contributed by atoms with Crippen LogP contribution in [0.4, 0.5) is 4.39 Å².